The molecule has 4 heteroatoms. The van der Waals surface area contributed by atoms with E-state index in [0.29, 0.717) is 11.5 Å². The summed E-state index contributed by atoms with van der Waals surface area (Å²) in [7, 11) is 0. The summed E-state index contributed by atoms with van der Waals surface area (Å²) in [6.45, 7) is 6.14. The van der Waals surface area contributed by atoms with Gasteiger partial charge in [0.2, 0.25) is 5.22 Å². The van der Waals surface area contributed by atoms with Gasteiger partial charge in [0.1, 0.15) is 0 Å². The highest BCUT2D eigenvalue weighted by Gasteiger charge is 2.26. The fourth-order valence-electron chi connectivity index (χ4n) is 2.39. The summed E-state index contributed by atoms with van der Waals surface area (Å²) in [4.78, 5) is 14.0. The second-order valence-electron chi connectivity index (χ2n) is 4.98. The SMILES string of the molecule is CC(C)C1CCN(C(=O)c2ccoc2Cl)CC1. The van der Waals surface area contributed by atoms with Crippen LogP contribution >= 0.6 is 11.6 Å². The molecule has 94 valence electrons. The number of furan rings is 1. The van der Waals surface area contributed by atoms with E-state index in [1.54, 1.807) is 6.07 Å². The maximum absolute atomic E-state index is 12.1. The summed E-state index contributed by atoms with van der Waals surface area (Å²) in [6, 6.07) is 1.64. The van der Waals surface area contributed by atoms with Gasteiger partial charge in [-0.1, -0.05) is 13.8 Å². The van der Waals surface area contributed by atoms with E-state index in [4.69, 9.17) is 16.0 Å². The summed E-state index contributed by atoms with van der Waals surface area (Å²) in [5.74, 6) is 1.43. The highest BCUT2D eigenvalue weighted by atomic mass is 35.5. The van der Waals surface area contributed by atoms with Crippen LogP contribution < -0.4 is 0 Å². The van der Waals surface area contributed by atoms with Crippen LogP contribution in [0.4, 0.5) is 0 Å². The van der Waals surface area contributed by atoms with Crippen molar-refractivity contribution in [2.75, 3.05) is 13.1 Å². The van der Waals surface area contributed by atoms with Crippen molar-refractivity contribution in [3.63, 3.8) is 0 Å². The zero-order valence-corrected chi connectivity index (χ0v) is 11.0. The smallest absolute Gasteiger partial charge is 0.258 e. The minimum absolute atomic E-state index is 0.00837. The molecule has 1 aromatic heterocycles. The Morgan fingerprint density at radius 2 is 2.12 bits per heavy atom. The molecule has 0 aromatic carbocycles. The van der Waals surface area contributed by atoms with Crippen molar-refractivity contribution in [3.8, 4) is 0 Å². The van der Waals surface area contributed by atoms with E-state index in [2.05, 4.69) is 13.8 Å². The summed E-state index contributed by atoms with van der Waals surface area (Å²) in [6.07, 6.45) is 3.62. The fraction of sp³-hybridized carbons (Fsp3) is 0.615. The normalized spacial score (nSPS) is 17.8. The zero-order valence-electron chi connectivity index (χ0n) is 10.3. The predicted molar refractivity (Wildman–Crippen MR) is 67.2 cm³/mol. The van der Waals surface area contributed by atoms with Crippen molar-refractivity contribution in [3.05, 3.63) is 23.1 Å². The first kappa shape index (κ1) is 12.5. The third kappa shape index (κ3) is 2.65. The number of amides is 1. The molecule has 1 aliphatic heterocycles. The molecule has 17 heavy (non-hydrogen) atoms. The Kier molecular flexibility index (Phi) is 3.77. The Morgan fingerprint density at radius 1 is 1.47 bits per heavy atom. The van der Waals surface area contributed by atoms with Gasteiger partial charge in [-0.3, -0.25) is 4.79 Å². The number of hydrogen-bond acceptors (Lipinski definition) is 2. The van der Waals surface area contributed by atoms with Crippen LogP contribution in [-0.2, 0) is 0 Å². The molecule has 0 radical (unpaired) electrons. The molecule has 0 unspecified atom stereocenters. The highest BCUT2D eigenvalue weighted by Crippen LogP contribution is 2.26. The number of hydrogen-bond donors (Lipinski definition) is 0. The third-order valence-corrected chi connectivity index (χ3v) is 3.91. The maximum atomic E-state index is 12.1. The Balaban J connectivity index is 1.98. The van der Waals surface area contributed by atoms with E-state index in [1.807, 2.05) is 4.90 Å². The molecule has 0 N–H and O–H groups in total. The number of nitrogens with zero attached hydrogens (tertiary/aromatic N) is 1. The molecular weight excluding hydrogens is 238 g/mol. The van der Waals surface area contributed by atoms with Crippen molar-refractivity contribution < 1.29 is 9.21 Å². The van der Waals surface area contributed by atoms with Crippen LogP contribution in [0.5, 0.6) is 0 Å². The molecule has 1 fully saturated rings. The van der Waals surface area contributed by atoms with E-state index in [0.717, 1.165) is 31.8 Å². The van der Waals surface area contributed by atoms with E-state index in [1.165, 1.54) is 6.26 Å². The van der Waals surface area contributed by atoms with Crippen LogP contribution in [0.15, 0.2) is 16.7 Å². The van der Waals surface area contributed by atoms with E-state index in [-0.39, 0.29) is 11.1 Å². The first-order valence-corrected chi connectivity index (χ1v) is 6.49. The molecule has 1 saturated heterocycles. The lowest BCUT2D eigenvalue weighted by Crippen LogP contribution is -2.39. The summed E-state index contributed by atoms with van der Waals surface area (Å²) in [5, 5.41) is 0.195. The standard InChI is InChI=1S/C13H18ClNO2/c1-9(2)10-3-6-15(7-4-10)13(16)11-5-8-17-12(11)14/h5,8-10H,3-4,6-7H2,1-2H3. The highest BCUT2D eigenvalue weighted by molar-refractivity contribution is 6.32. The third-order valence-electron chi connectivity index (χ3n) is 3.62. The second-order valence-corrected chi connectivity index (χ2v) is 5.32. The molecular formula is C13H18ClNO2. The molecule has 0 atom stereocenters. The molecule has 0 bridgehead atoms. The Bertz CT molecular complexity index is 392. The topological polar surface area (TPSA) is 33.5 Å². The van der Waals surface area contributed by atoms with Gasteiger partial charge in [0, 0.05) is 13.1 Å². The van der Waals surface area contributed by atoms with Crippen molar-refractivity contribution in [2.24, 2.45) is 11.8 Å². The largest absolute Gasteiger partial charge is 0.452 e. The predicted octanol–water partition coefficient (Wildman–Crippen LogP) is 3.44. The van der Waals surface area contributed by atoms with E-state index in [9.17, 15) is 4.79 Å². The lowest BCUT2D eigenvalue weighted by Gasteiger charge is -2.33. The number of carbonyl (C=O) groups is 1. The van der Waals surface area contributed by atoms with Crippen LogP contribution in [0.3, 0.4) is 0 Å². The number of halogens is 1. The molecule has 2 heterocycles. The van der Waals surface area contributed by atoms with Gasteiger partial charge in [0.25, 0.3) is 5.91 Å². The lowest BCUT2D eigenvalue weighted by atomic mass is 9.86. The minimum Gasteiger partial charge on any atom is -0.452 e. The average molecular weight is 256 g/mol. The van der Waals surface area contributed by atoms with Gasteiger partial charge in [-0.2, -0.15) is 0 Å². The van der Waals surface area contributed by atoms with Gasteiger partial charge in [-0.15, -0.1) is 0 Å². The molecule has 0 spiro atoms. The van der Waals surface area contributed by atoms with Gasteiger partial charge in [0.05, 0.1) is 11.8 Å². The van der Waals surface area contributed by atoms with Crippen molar-refractivity contribution in [1.82, 2.24) is 4.90 Å². The van der Waals surface area contributed by atoms with Crippen LogP contribution in [0.2, 0.25) is 5.22 Å². The van der Waals surface area contributed by atoms with Crippen LogP contribution in [0, 0.1) is 11.8 Å². The van der Waals surface area contributed by atoms with Gasteiger partial charge < -0.3 is 9.32 Å². The number of rotatable bonds is 2. The van der Waals surface area contributed by atoms with Crippen LogP contribution in [-0.4, -0.2) is 23.9 Å². The number of likely N-dealkylation sites (tertiary alicyclic amines) is 1. The van der Waals surface area contributed by atoms with Crippen molar-refractivity contribution in [2.45, 2.75) is 26.7 Å². The van der Waals surface area contributed by atoms with Gasteiger partial charge >= 0.3 is 0 Å². The second kappa shape index (κ2) is 5.13. The monoisotopic (exact) mass is 255 g/mol. The maximum Gasteiger partial charge on any atom is 0.258 e. The zero-order chi connectivity index (χ0) is 12.4. The van der Waals surface area contributed by atoms with Gasteiger partial charge in [0.15, 0.2) is 0 Å². The minimum atomic E-state index is -0.00837. The number of piperidine rings is 1. The Morgan fingerprint density at radius 3 is 2.59 bits per heavy atom. The van der Waals surface area contributed by atoms with Crippen LogP contribution in [0.1, 0.15) is 37.0 Å². The van der Waals surface area contributed by atoms with Gasteiger partial charge in [-0.05, 0) is 42.3 Å². The van der Waals surface area contributed by atoms with Gasteiger partial charge in [-0.25, -0.2) is 0 Å². The Labute approximate surface area is 107 Å². The average Bonchev–Trinajstić information content (AvgIpc) is 2.74. The first-order valence-electron chi connectivity index (χ1n) is 6.12. The molecule has 1 aliphatic rings. The van der Waals surface area contributed by atoms with E-state index >= 15 is 0 Å². The summed E-state index contributed by atoms with van der Waals surface area (Å²) < 4.78 is 4.95. The molecule has 1 aromatic rings. The molecule has 2 rings (SSSR count). The lowest BCUT2D eigenvalue weighted by molar-refractivity contribution is 0.0667. The fourth-order valence-corrected chi connectivity index (χ4v) is 2.58. The molecule has 1 amide bonds. The van der Waals surface area contributed by atoms with Crippen molar-refractivity contribution in [1.29, 1.82) is 0 Å². The van der Waals surface area contributed by atoms with E-state index < -0.39 is 0 Å². The summed E-state index contributed by atoms with van der Waals surface area (Å²) >= 11 is 5.82. The summed E-state index contributed by atoms with van der Waals surface area (Å²) in [5.41, 5.74) is 0.481. The quantitative estimate of drug-likeness (QED) is 0.811. The number of carbonyl (C=O) groups excluding carboxylic acids is 1. The molecule has 0 aliphatic carbocycles. The molecule has 3 nitrogen and oxygen atoms in total. The first-order chi connectivity index (χ1) is 8.09. The van der Waals surface area contributed by atoms with Crippen molar-refractivity contribution >= 4 is 17.5 Å². The molecule has 0 saturated carbocycles. The van der Waals surface area contributed by atoms with Crippen LogP contribution in [0.25, 0.3) is 0 Å². The Hall–Kier alpha value is -0.960.